The molecule has 6 heteroatoms. The number of methoxy groups -OCH3 is 1. The van der Waals surface area contributed by atoms with Gasteiger partial charge in [-0.2, -0.15) is 0 Å². The van der Waals surface area contributed by atoms with Crippen molar-refractivity contribution < 1.29 is 13.9 Å². The number of halogens is 1. The molecule has 0 unspecified atom stereocenters. The third kappa shape index (κ3) is 3.45. The Morgan fingerprint density at radius 1 is 0.967 bits per heavy atom. The van der Waals surface area contributed by atoms with Gasteiger partial charge in [-0.1, -0.05) is 0 Å². The molecule has 2 aliphatic rings. The second-order valence-electron chi connectivity index (χ2n) is 7.74. The van der Waals surface area contributed by atoms with E-state index in [2.05, 4.69) is 23.1 Å². The Morgan fingerprint density at radius 3 is 2.43 bits per heavy atom. The maximum atomic E-state index is 13.2. The fourth-order valence-corrected chi connectivity index (χ4v) is 5.56. The number of rotatable bonds is 3. The Balaban J connectivity index is 1.31. The lowest BCUT2D eigenvalue weighted by atomic mass is 9.91. The highest BCUT2D eigenvalue weighted by Crippen LogP contribution is 2.41. The number of nitrogens with zero attached hydrogens (tertiary/aromatic N) is 2. The van der Waals surface area contributed by atoms with Crippen molar-refractivity contribution in [2.75, 3.05) is 38.2 Å². The average Bonchev–Trinajstić information content (AvgIpc) is 3.23. The maximum absolute atomic E-state index is 13.2. The van der Waals surface area contributed by atoms with Gasteiger partial charge in [0.1, 0.15) is 11.6 Å². The molecule has 1 aromatic heterocycles. The van der Waals surface area contributed by atoms with Gasteiger partial charge in [-0.15, -0.1) is 11.3 Å². The van der Waals surface area contributed by atoms with Gasteiger partial charge in [-0.05, 0) is 78.1 Å². The number of fused-ring (bicyclic) bond motifs is 3. The van der Waals surface area contributed by atoms with E-state index in [4.69, 9.17) is 4.74 Å². The largest absolute Gasteiger partial charge is 0.497 e. The number of benzene rings is 2. The number of anilines is 1. The first-order valence-corrected chi connectivity index (χ1v) is 11.0. The molecule has 1 aliphatic carbocycles. The third-order valence-corrected chi connectivity index (χ3v) is 7.20. The maximum Gasteiger partial charge on any atom is 0.264 e. The summed E-state index contributed by atoms with van der Waals surface area (Å²) in [6, 6.07) is 14.9. The van der Waals surface area contributed by atoms with E-state index in [1.807, 2.05) is 11.0 Å². The molecule has 30 heavy (non-hydrogen) atoms. The smallest absolute Gasteiger partial charge is 0.264 e. The predicted octanol–water partition coefficient (Wildman–Crippen LogP) is 4.62. The van der Waals surface area contributed by atoms with E-state index in [0.29, 0.717) is 13.1 Å². The molecule has 1 amide bonds. The van der Waals surface area contributed by atoms with Gasteiger partial charge >= 0.3 is 0 Å². The summed E-state index contributed by atoms with van der Waals surface area (Å²) in [7, 11) is 1.69. The number of ether oxygens (including phenoxy) is 1. The average molecular weight is 423 g/mol. The third-order valence-electron chi connectivity index (χ3n) is 6.00. The Hall–Kier alpha value is -2.86. The minimum Gasteiger partial charge on any atom is -0.497 e. The second-order valence-corrected chi connectivity index (χ2v) is 8.80. The van der Waals surface area contributed by atoms with E-state index in [1.165, 1.54) is 33.7 Å². The first-order chi connectivity index (χ1) is 14.6. The van der Waals surface area contributed by atoms with E-state index in [-0.39, 0.29) is 11.7 Å². The molecule has 0 N–H and O–H groups in total. The van der Waals surface area contributed by atoms with Gasteiger partial charge in [0.15, 0.2) is 0 Å². The summed E-state index contributed by atoms with van der Waals surface area (Å²) < 4.78 is 18.5. The van der Waals surface area contributed by atoms with Crippen LogP contribution >= 0.6 is 11.3 Å². The van der Waals surface area contributed by atoms with Crippen LogP contribution in [0, 0.1) is 5.82 Å². The molecule has 1 aliphatic heterocycles. The predicted molar refractivity (Wildman–Crippen MR) is 118 cm³/mol. The highest BCUT2D eigenvalue weighted by molar-refractivity contribution is 7.17. The first kappa shape index (κ1) is 19.1. The summed E-state index contributed by atoms with van der Waals surface area (Å²) >= 11 is 1.60. The SMILES string of the molecule is COc1ccc2c(c1)CCc1cc(C(=O)N3CCN(c4ccc(F)cc4)CC3)sc1-2. The van der Waals surface area contributed by atoms with Crippen LogP contribution in [0.1, 0.15) is 20.8 Å². The monoisotopic (exact) mass is 422 g/mol. The van der Waals surface area contributed by atoms with Crippen LogP contribution in [0.5, 0.6) is 5.75 Å². The number of carbonyl (C=O) groups excluding carboxylic acids is 1. The van der Waals surface area contributed by atoms with Gasteiger partial charge in [-0.25, -0.2) is 4.39 Å². The summed E-state index contributed by atoms with van der Waals surface area (Å²) in [6.07, 6.45) is 1.93. The minimum absolute atomic E-state index is 0.114. The molecule has 2 aromatic carbocycles. The van der Waals surface area contributed by atoms with Crippen molar-refractivity contribution in [3.05, 3.63) is 70.4 Å². The number of aryl methyl sites for hydroxylation is 2. The Labute approximate surface area is 179 Å². The summed E-state index contributed by atoms with van der Waals surface area (Å²) in [6.45, 7) is 2.86. The van der Waals surface area contributed by atoms with Crippen LogP contribution in [0.15, 0.2) is 48.5 Å². The van der Waals surface area contributed by atoms with Crippen LogP contribution in [-0.4, -0.2) is 44.1 Å². The molecule has 4 nitrogen and oxygen atoms in total. The van der Waals surface area contributed by atoms with Gasteiger partial charge in [0.05, 0.1) is 12.0 Å². The molecule has 0 saturated carbocycles. The van der Waals surface area contributed by atoms with Gasteiger partial charge in [0.25, 0.3) is 5.91 Å². The zero-order chi connectivity index (χ0) is 20.7. The van der Waals surface area contributed by atoms with E-state index >= 15 is 0 Å². The number of thiophene rings is 1. The molecule has 0 bridgehead atoms. The molecular formula is C24H23FN2O2S. The van der Waals surface area contributed by atoms with Crippen molar-refractivity contribution >= 4 is 22.9 Å². The van der Waals surface area contributed by atoms with Crippen molar-refractivity contribution in [3.63, 3.8) is 0 Å². The fourth-order valence-electron chi connectivity index (χ4n) is 4.32. The second kappa shape index (κ2) is 7.76. The van der Waals surface area contributed by atoms with Crippen molar-refractivity contribution in [1.29, 1.82) is 0 Å². The molecule has 1 saturated heterocycles. The number of piperazine rings is 1. The molecule has 0 radical (unpaired) electrons. The summed E-state index contributed by atoms with van der Waals surface area (Å²) in [4.78, 5) is 19.3. The summed E-state index contributed by atoms with van der Waals surface area (Å²) in [5.74, 6) is 0.765. The lowest BCUT2D eigenvalue weighted by molar-refractivity contribution is 0.0751. The van der Waals surface area contributed by atoms with Gasteiger partial charge in [-0.3, -0.25) is 4.79 Å². The highest BCUT2D eigenvalue weighted by atomic mass is 32.1. The molecule has 1 fully saturated rings. The zero-order valence-corrected chi connectivity index (χ0v) is 17.7. The minimum atomic E-state index is -0.228. The molecular weight excluding hydrogens is 399 g/mol. The highest BCUT2D eigenvalue weighted by Gasteiger charge is 2.27. The lowest BCUT2D eigenvalue weighted by Gasteiger charge is -2.36. The lowest BCUT2D eigenvalue weighted by Crippen LogP contribution is -2.48. The molecule has 0 spiro atoms. The van der Waals surface area contributed by atoms with Crippen LogP contribution < -0.4 is 9.64 Å². The molecule has 5 rings (SSSR count). The van der Waals surface area contributed by atoms with Crippen LogP contribution in [0.4, 0.5) is 10.1 Å². The quantitative estimate of drug-likeness (QED) is 0.617. The number of hydrogen-bond acceptors (Lipinski definition) is 4. The van der Waals surface area contributed by atoms with E-state index < -0.39 is 0 Å². The normalized spacial score (nSPS) is 15.5. The van der Waals surface area contributed by atoms with E-state index in [9.17, 15) is 9.18 Å². The number of amides is 1. The topological polar surface area (TPSA) is 32.8 Å². The van der Waals surface area contributed by atoms with Gasteiger partial charge in [0.2, 0.25) is 0 Å². The number of hydrogen-bond donors (Lipinski definition) is 0. The summed E-state index contributed by atoms with van der Waals surface area (Å²) in [5.41, 5.74) is 4.78. The summed E-state index contributed by atoms with van der Waals surface area (Å²) in [5, 5.41) is 0. The van der Waals surface area contributed by atoms with Crippen molar-refractivity contribution in [2.45, 2.75) is 12.8 Å². The Morgan fingerprint density at radius 2 is 1.70 bits per heavy atom. The molecule has 2 heterocycles. The van der Waals surface area contributed by atoms with Crippen molar-refractivity contribution in [1.82, 2.24) is 4.90 Å². The van der Waals surface area contributed by atoms with E-state index in [1.54, 1.807) is 30.6 Å². The van der Waals surface area contributed by atoms with Crippen LogP contribution in [0.25, 0.3) is 10.4 Å². The molecule has 0 atom stereocenters. The standard InChI is InChI=1S/C24H23FN2O2S/c1-29-20-8-9-21-16(14-20)2-3-17-15-22(30-23(17)21)24(28)27-12-10-26(11-13-27)19-6-4-18(25)5-7-19/h4-9,14-15H,2-3,10-13H2,1H3. The Kier molecular flexibility index (Phi) is 4.95. The molecule has 154 valence electrons. The first-order valence-electron chi connectivity index (χ1n) is 10.2. The van der Waals surface area contributed by atoms with Crippen LogP contribution in [0.2, 0.25) is 0 Å². The Bertz CT molecular complexity index is 1090. The van der Waals surface area contributed by atoms with Crippen molar-refractivity contribution in [2.24, 2.45) is 0 Å². The van der Waals surface area contributed by atoms with Crippen molar-refractivity contribution in [3.8, 4) is 16.2 Å². The van der Waals surface area contributed by atoms with Gasteiger partial charge < -0.3 is 14.5 Å². The van der Waals surface area contributed by atoms with Gasteiger partial charge in [0, 0.05) is 36.7 Å². The van der Waals surface area contributed by atoms with Crippen LogP contribution in [0.3, 0.4) is 0 Å². The van der Waals surface area contributed by atoms with E-state index in [0.717, 1.165) is 42.2 Å². The fraction of sp³-hybridized carbons (Fsp3) is 0.292. The number of carbonyl (C=O) groups is 1. The zero-order valence-electron chi connectivity index (χ0n) is 16.9. The molecule has 3 aromatic rings. The van der Waals surface area contributed by atoms with Crippen LogP contribution in [-0.2, 0) is 12.8 Å².